The maximum absolute atomic E-state index is 12.8. The summed E-state index contributed by atoms with van der Waals surface area (Å²) in [5, 5.41) is 16.8. The highest BCUT2D eigenvalue weighted by Crippen LogP contribution is 2.42. The van der Waals surface area contributed by atoms with E-state index in [-0.39, 0.29) is 18.0 Å². The van der Waals surface area contributed by atoms with Gasteiger partial charge in [-0.15, -0.1) is 11.3 Å². The number of aromatic nitrogens is 1. The van der Waals surface area contributed by atoms with Crippen LogP contribution in [0.2, 0.25) is 0 Å². The summed E-state index contributed by atoms with van der Waals surface area (Å²) in [5.74, 6) is 0.254. The van der Waals surface area contributed by atoms with Crippen LogP contribution in [0.5, 0.6) is 5.75 Å². The molecule has 2 N–H and O–H groups in total. The molecule has 0 aliphatic heterocycles. The van der Waals surface area contributed by atoms with Gasteiger partial charge in [-0.05, 0) is 50.5 Å². The van der Waals surface area contributed by atoms with Crippen LogP contribution in [0.25, 0.3) is 0 Å². The lowest BCUT2D eigenvalue weighted by molar-refractivity contribution is 0.0816. The van der Waals surface area contributed by atoms with Crippen LogP contribution < -0.4 is 10.1 Å². The van der Waals surface area contributed by atoms with E-state index in [1.165, 1.54) is 18.6 Å². The van der Waals surface area contributed by atoms with E-state index in [1.54, 1.807) is 23.5 Å². The molecule has 0 bridgehead atoms. The van der Waals surface area contributed by atoms with Gasteiger partial charge in [0.05, 0.1) is 5.54 Å². The SMILES string of the molecule is Cc1csc(C2(NC[C@H](O)COc3ccc(F)cc3)CCC2)n1. The van der Waals surface area contributed by atoms with Crippen LogP contribution in [-0.2, 0) is 5.54 Å². The summed E-state index contributed by atoms with van der Waals surface area (Å²) in [6.07, 6.45) is 2.64. The summed E-state index contributed by atoms with van der Waals surface area (Å²) in [4.78, 5) is 4.59. The Morgan fingerprint density at radius 1 is 1.39 bits per heavy atom. The monoisotopic (exact) mass is 336 g/mol. The molecule has 124 valence electrons. The predicted octanol–water partition coefficient (Wildman–Crippen LogP) is 3.00. The van der Waals surface area contributed by atoms with Gasteiger partial charge in [-0.25, -0.2) is 9.37 Å². The quantitative estimate of drug-likeness (QED) is 0.816. The van der Waals surface area contributed by atoms with Crippen molar-refractivity contribution in [1.82, 2.24) is 10.3 Å². The van der Waals surface area contributed by atoms with Gasteiger partial charge in [-0.3, -0.25) is 0 Å². The molecule has 4 nitrogen and oxygen atoms in total. The molecule has 3 rings (SSSR count). The molecule has 0 saturated heterocycles. The van der Waals surface area contributed by atoms with E-state index in [2.05, 4.69) is 15.7 Å². The van der Waals surface area contributed by atoms with E-state index in [9.17, 15) is 9.50 Å². The van der Waals surface area contributed by atoms with Crippen molar-refractivity contribution in [3.05, 3.63) is 46.2 Å². The van der Waals surface area contributed by atoms with Crippen LogP contribution in [0.4, 0.5) is 4.39 Å². The molecule has 23 heavy (non-hydrogen) atoms. The minimum absolute atomic E-state index is 0.0875. The van der Waals surface area contributed by atoms with Gasteiger partial charge in [0, 0.05) is 17.6 Å². The Hall–Kier alpha value is -1.50. The Balaban J connectivity index is 1.50. The first-order valence-corrected chi connectivity index (χ1v) is 8.69. The third-order valence-electron chi connectivity index (χ3n) is 4.17. The van der Waals surface area contributed by atoms with Crippen LogP contribution in [0.15, 0.2) is 29.6 Å². The van der Waals surface area contributed by atoms with Gasteiger partial charge >= 0.3 is 0 Å². The van der Waals surface area contributed by atoms with Crippen molar-refractivity contribution >= 4 is 11.3 Å². The number of hydrogen-bond donors (Lipinski definition) is 2. The normalized spacial score (nSPS) is 17.5. The number of thiazole rings is 1. The Labute approximate surface area is 139 Å². The highest BCUT2D eigenvalue weighted by Gasteiger charge is 2.41. The first kappa shape index (κ1) is 16.4. The van der Waals surface area contributed by atoms with Crippen LogP contribution in [0, 0.1) is 12.7 Å². The van der Waals surface area contributed by atoms with E-state index in [0.29, 0.717) is 12.3 Å². The van der Waals surface area contributed by atoms with Crippen molar-refractivity contribution < 1.29 is 14.2 Å². The van der Waals surface area contributed by atoms with Crippen LogP contribution in [0.1, 0.15) is 30.0 Å². The lowest BCUT2D eigenvalue weighted by Gasteiger charge is -2.41. The molecule has 1 atom stereocenters. The van der Waals surface area contributed by atoms with Gasteiger partial charge in [-0.1, -0.05) is 0 Å². The van der Waals surface area contributed by atoms with Crippen molar-refractivity contribution in [3.63, 3.8) is 0 Å². The number of nitrogens with one attached hydrogen (secondary N) is 1. The first-order chi connectivity index (χ1) is 11.1. The largest absolute Gasteiger partial charge is 0.491 e. The molecule has 1 saturated carbocycles. The number of nitrogens with zero attached hydrogens (tertiary/aromatic N) is 1. The number of benzene rings is 1. The van der Waals surface area contributed by atoms with E-state index in [1.807, 2.05) is 6.92 Å². The second kappa shape index (κ2) is 6.95. The Bertz CT molecular complexity index is 640. The number of aliphatic hydroxyl groups is 1. The second-order valence-corrected chi connectivity index (χ2v) is 6.89. The molecule has 1 heterocycles. The fourth-order valence-electron chi connectivity index (χ4n) is 2.67. The van der Waals surface area contributed by atoms with Crippen LogP contribution in [-0.4, -0.2) is 29.3 Å². The standard InChI is InChI=1S/C17H21FN2O2S/c1-12-11-23-16(20-12)17(7-2-8-17)19-9-14(21)10-22-15-5-3-13(18)4-6-15/h3-6,11,14,19,21H,2,7-10H2,1H3/t14-/m0/s1. The molecule has 1 fully saturated rings. The Kier molecular flexibility index (Phi) is 4.94. The van der Waals surface area contributed by atoms with E-state index in [4.69, 9.17) is 4.74 Å². The number of aliphatic hydroxyl groups excluding tert-OH is 1. The molecule has 2 aromatic rings. The van der Waals surface area contributed by atoms with E-state index < -0.39 is 6.10 Å². The molecular formula is C17H21FN2O2S. The molecule has 0 unspecified atom stereocenters. The molecule has 1 aliphatic rings. The summed E-state index contributed by atoms with van der Waals surface area (Å²) < 4.78 is 18.3. The molecule has 0 amide bonds. The molecular weight excluding hydrogens is 315 g/mol. The molecule has 0 spiro atoms. The van der Waals surface area contributed by atoms with Crippen LogP contribution in [0.3, 0.4) is 0 Å². The number of rotatable bonds is 7. The van der Waals surface area contributed by atoms with Crippen LogP contribution >= 0.6 is 11.3 Å². The van der Waals surface area contributed by atoms with E-state index in [0.717, 1.165) is 23.5 Å². The maximum atomic E-state index is 12.8. The molecule has 1 aliphatic carbocycles. The molecule has 6 heteroatoms. The van der Waals surface area contributed by atoms with Crippen molar-refractivity contribution in [1.29, 1.82) is 0 Å². The van der Waals surface area contributed by atoms with Crippen molar-refractivity contribution in [2.75, 3.05) is 13.2 Å². The smallest absolute Gasteiger partial charge is 0.123 e. The lowest BCUT2D eigenvalue weighted by Crippen LogP contribution is -2.51. The van der Waals surface area contributed by atoms with Crippen molar-refractivity contribution in [2.45, 2.75) is 37.8 Å². The summed E-state index contributed by atoms with van der Waals surface area (Å²) in [6.45, 7) is 2.61. The highest BCUT2D eigenvalue weighted by molar-refractivity contribution is 7.09. The molecule has 0 radical (unpaired) electrons. The Morgan fingerprint density at radius 2 is 2.13 bits per heavy atom. The topological polar surface area (TPSA) is 54.4 Å². The zero-order chi connectivity index (χ0) is 16.3. The highest BCUT2D eigenvalue weighted by atomic mass is 32.1. The van der Waals surface area contributed by atoms with Crippen molar-refractivity contribution in [2.24, 2.45) is 0 Å². The van der Waals surface area contributed by atoms with Gasteiger partial charge in [-0.2, -0.15) is 0 Å². The second-order valence-electron chi connectivity index (χ2n) is 6.03. The zero-order valence-electron chi connectivity index (χ0n) is 13.1. The van der Waals surface area contributed by atoms with Gasteiger partial charge in [0.15, 0.2) is 0 Å². The Morgan fingerprint density at radius 3 is 2.70 bits per heavy atom. The zero-order valence-corrected chi connectivity index (χ0v) is 13.9. The fraction of sp³-hybridized carbons (Fsp3) is 0.471. The summed E-state index contributed by atoms with van der Waals surface area (Å²) in [7, 11) is 0. The molecule has 1 aromatic carbocycles. The average molecular weight is 336 g/mol. The van der Waals surface area contributed by atoms with Gasteiger partial charge in [0.2, 0.25) is 0 Å². The maximum Gasteiger partial charge on any atom is 0.123 e. The van der Waals surface area contributed by atoms with Crippen molar-refractivity contribution in [3.8, 4) is 5.75 Å². The molecule has 1 aromatic heterocycles. The minimum atomic E-state index is -0.626. The number of halogens is 1. The van der Waals surface area contributed by atoms with E-state index >= 15 is 0 Å². The first-order valence-electron chi connectivity index (χ1n) is 7.81. The third kappa shape index (κ3) is 3.88. The number of ether oxygens (including phenoxy) is 1. The predicted molar refractivity (Wildman–Crippen MR) is 88.3 cm³/mol. The van der Waals surface area contributed by atoms with Gasteiger partial charge in [0.25, 0.3) is 0 Å². The lowest BCUT2D eigenvalue weighted by atomic mass is 9.77. The summed E-state index contributed by atoms with van der Waals surface area (Å²) in [6, 6.07) is 5.80. The average Bonchev–Trinajstić information content (AvgIpc) is 2.92. The summed E-state index contributed by atoms with van der Waals surface area (Å²) in [5.41, 5.74) is 0.953. The number of aryl methyl sites for hydroxylation is 1. The number of hydrogen-bond acceptors (Lipinski definition) is 5. The fourth-order valence-corrected chi connectivity index (χ4v) is 3.70. The minimum Gasteiger partial charge on any atom is -0.491 e. The van der Waals surface area contributed by atoms with Gasteiger partial charge < -0.3 is 15.2 Å². The summed E-state index contributed by atoms with van der Waals surface area (Å²) >= 11 is 1.67. The van der Waals surface area contributed by atoms with Gasteiger partial charge in [0.1, 0.15) is 29.3 Å². The third-order valence-corrected chi connectivity index (χ3v) is 5.33.